The third-order valence-corrected chi connectivity index (χ3v) is 2.39. The fourth-order valence-corrected chi connectivity index (χ4v) is 1.46. The predicted molar refractivity (Wildman–Crippen MR) is 60.1 cm³/mol. The average molecular weight is 217 g/mol. The van der Waals surface area contributed by atoms with Crippen LogP contribution >= 0.6 is 0 Å². The van der Waals surface area contributed by atoms with Crippen molar-refractivity contribution in [3.05, 3.63) is 0 Å². The fourth-order valence-electron chi connectivity index (χ4n) is 1.46. The van der Waals surface area contributed by atoms with E-state index in [0.29, 0.717) is 19.5 Å². The SMILES string of the molecule is CCC(O)N(CC)C(=O)N(CC)[C@@H](C)N. The van der Waals surface area contributed by atoms with Gasteiger partial charge in [-0.1, -0.05) is 6.92 Å². The highest BCUT2D eigenvalue weighted by molar-refractivity contribution is 5.74. The van der Waals surface area contributed by atoms with Crippen LogP contribution in [0.25, 0.3) is 0 Å². The molecular weight excluding hydrogens is 194 g/mol. The zero-order valence-electron chi connectivity index (χ0n) is 10.1. The molecule has 5 nitrogen and oxygen atoms in total. The molecule has 3 N–H and O–H groups in total. The molecule has 0 saturated carbocycles. The quantitative estimate of drug-likeness (QED) is 0.669. The van der Waals surface area contributed by atoms with E-state index in [4.69, 9.17) is 5.73 Å². The van der Waals surface area contributed by atoms with E-state index in [1.807, 2.05) is 20.8 Å². The molecule has 0 heterocycles. The monoisotopic (exact) mass is 217 g/mol. The maximum absolute atomic E-state index is 12.0. The zero-order chi connectivity index (χ0) is 12.0. The van der Waals surface area contributed by atoms with E-state index in [1.165, 1.54) is 9.80 Å². The van der Waals surface area contributed by atoms with Gasteiger partial charge < -0.3 is 15.7 Å². The summed E-state index contributed by atoms with van der Waals surface area (Å²) in [6.07, 6.45) is -0.535. The van der Waals surface area contributed by atoms with E-state index < -0.39 is 6.23 Å². The molecular formula is C10H23N3O2. The standard InChI is InChI=1S/C10H23N3O2/c1-5-9(14)13(7-3)10(15)12(6-2)8(4)11/h8-9,14H,5-7,11H2,1-4H3/t8-,9?/m0/s1. The summed E-state index contributed by atoms with van der Waals surface area (Å²) >= 11 is 0. The first kappa shape index (κ1) is 14.2. The van der Waals surface area contributed by atoms with E-state index >= 15 is 0 Å². The molecule has 5 heteroatoms. The summed E-state index contributed by atoms with van der Waals surface area (Å²) < 4.78 is 0. The first-order chi connectivity index (χ1) is 6.99. The van der Waals surface area contributed by atoms with Gasteiger partial charge >= 0.3 is 6.03 Å². The highest BCUT2D eigenvalue weighted by Gasteiger charge is 2.24. The Morgan fingerprint density at radius 1 is 1.27 bits per heavy atom. The maximum atomic E-state index is 12.0. The van der Waals surface area contributed by atoms with Gasteiger partial charge in [0.05, 0.1) is 6.17 Å². The molecule has 15 heavy (non-hydrogen) atoms. The summed E-state index contributed by atoms with van der Waals surface area (Å²) in [5.74, 6) is 0. The van der Waals surface area contributed by atoms with Crippen LogP contribution in [0, 0.1) is 0 Å². The van der Waals surface area contributed by atoms with Crippen molar-refractivity contribution in [3.8, 4) is 0 Å². The van der Waals surface area contributed by atoms with Gasteiger partial charge in [0, 0.05) is 13.1 Å². The summed E-state index contributed by atoms with van der Waals surface area (Å²) in [4.78, 5) is 14.9. The molecule has 2 atom stereocenters. The van der Waals surface area contributed by atoms with Crippen LogP contribution in [-0.2, 0) is 0 Å². The van der Waals surface area contributed by atoms with Crippen molar-refractivity contribution in [3.63, 3.8) is 0 Å². The van der Waals surface area contributed by atoms with E-state index in [-0.39, 0.29) is 12.2 Å². The van der Waals surface area contributed by atoms with Crippen molar-refractivity contribution in [2.24, 2.45) is 5.73 Å². The molecule has 0 fully saturated rings. The van der Waals surface area contributed by atoms with Crippen molar-refractivity contribution in [2.75, 3.05) is 13.1 Å². The number of hydrogen-bond acceptors (Lipinski definition) is 3. The Balaban J connectivity index is 4.62. The van der Waals surface area contributed by atoms with E-state index in [0.717, 1.165) is 0 Å². The molecule has 0 aromatic carbocycles. The molecule has 0 spiro atoms. The fraction of sp³-hybridized carbons (Fsp3) is 0.900. The second-order valence-electron chi connectivity index (χ2n) is 3.48. The topological polar surface area (TPSA) is 69.8 Å². The molecule has 0 aliphatic rings. The number of hydrogen-bond donors (Lipinski definition) is 2. The van der Waals surface area contributed by atoms with Gasteiger partial charge in [-0.15, -0.1) is 0 Å². The summed E-state index contributed by atoms with van der Waals surface area (Å²) in [6.45, 7) is 8.33. The molecule has 90 valence electrons. The average Bonchev–Trinajstić information content (AvgIpc) is 2.19. The zero-order valence-corrected chi connectivity index (χ0v) is 10.1. The molecule has 1 unspecified atom stereocenters. The van der Waals surface area contributed by atoms with Gasteiger partial charge in [-0.3, -0.25) is 4.90 Å². The van der Waals surface area contributed by atoms with Gasteiger partial charge in [0.2, 0.25) is 0 Å². The van der Waals surface area contributed by atoms with Gasteiger partial charge in [0.1, 0.15) is 6.23 Å². The minimum Gasteiger partial charge on any atom is -0.373 e. The highest BCUT2D eigenvalue weighted by atomic mass is 16.3. The number of nitrogens with two attached hydrogens (primary N) is 1. The van der Waals surface area contributed by atoms with E-state index in [9.17, 15) is 9.90 Å². The molecule has 0 aliphatic carbocycles. The summed E-state index contributed by atoms with van der Waals surface area (Å²) in [5, 5.41) is 9.65. The van der Waals surface area contributed by atoms with Gasteiger partial charge in [-0.25, -0.2) is 4.79 Å². The Morgan fingerprint density at radius 3 is 2.00 bits per heavy atom. The van der Waals surface area contributed by atoms with Crippen molar-refractivity contribution < 1.29 is 9.90 Å². The number of carbonyl (C=O) groups excluding carboxylic acids is 1. The largest absolute Gasteiger partial charge is 0.373 e. The number of nitrogens with zero attached hydrogens (tertiary/aromatic N) is 2. The summed E-state index contributed by atoms with van der Waals surface area (Å²) in [6, 6.07) is -0.204. The Bertz CT molecular complexity index is 197. The van der Waals surface area contributed by atoms with Crippen LogP contribution in [0.2, 0.25) is 0 Å². The number of carbonyl (C=O) groups is 1. The van der Waals surface area contributed by atoms with Gasteiger partial charge in [-0.05, 0) is 27.2 Å². The molecule has 2 amide bonds. The van der Waals surface area contributed by atoms with Gasteiger partial charge in [-0.2, -0.15) is 0 Å². The van der Waals surface area contributed by atoms with Crippen LogP contribution in [0.5, 0.6) is 0 Å². The van der Waals surface area contributed by atoms with Crippen LogP contribution in [0.1, 0.15) is 34.1 Å². The number of amides is 2. The minimum atomic E-state index is -0.727. The lowest BCUT2D eigenvalue weighted by Crippen LogP contribution is -2.53. The van der Waals surface area contributed by atoms with Crippen molar-refractivity contribution >= 4 is 6.03 Å². The van der Waals surface area contributed by atoms with Crippen molar-refractivity contribution in [1.29, 1.82) is 0 Å². The van der Waals surface area contributed by atoms with Crippen LogP contribution in [0.4, 0.5) is 4.79 Å². The lowest BCUT2D eigenvalue weighted by atomic mass is 10.3. The first-order valence-electron chi connectivity index (χ1n) is 5.50. The number of aliphatic hydroxyl groups is 1. The van der Waals surface area contributed by atoms with Gasteiger partial charge in [0.15, 0.2) is 0 Å². The maximum Gasteiger partial charge on any atom is 0.323 e. The molecule has 0 aliphatic heterocycles. The third-order valence-electron chi connectivity index (χ3n) is 2.39. The molecule has 0 aromatic heterocycles. The second kappa shape index (κ2) is 6.63. The highest BCUT2D eigenvalue weighted by Crippen LogP contribution is 2.07. The Hall–Kier alpha value is -0.810. The Morgan fingerprint density at radius 2 is 1.73 bits per heavy atom. The molecule has 0 saturated heterocycles. The lowest BCUT2D eigenvalue weighted by Gasteiger charge is -2.34. The van der Waals surface area contributed by atoms with E-state index in [2.05, 4.69) is 0 Å². The van der Waals surface area contributed by atoms with Crippen LogP contribution in [-0.4, -0.2) is 46.4 Å². The Kier molecular flexibility index (Phi) is 6.27. The van der Waals surface area contributed by atoms with Gasteiger partial charge in [0.25, 0.3) is 0 Å². The molecule has 0 bridgehead atoms. The van der Waals surface area contributed by atoms with Crippen molar-refractivity contribution in [2.45, 2.75) is 46.5 Å². The molecule has 0 aromatic rings. The number of aliphatic hydroxyl groups excluding tert-OH is 1. The number of urea groups is 1. The molecule has 0 radical (unpaired) electrons. The molecule has 0 rings (SSSR count). The van der Waals surface area contributed by atoms with Crippen LogP contribution in [0.15, 0.2) is 0 Å². The van der Waals surface area contributed by atoms with E-state index in [1.54, 1.807) is 6.92 Å². The van der Waals surface area contributed by atoms with Crippen molar-refractivity contribution in [1.82, 2.24) is 9.80 Å². The smallest absolute Gasteiger partial charge is 0.323 e. The summed E-state index contributed by atoms with van der Waals surface area (Å²) in [5.41, 5.74) is 5.68. The lowest BCUT2D eigenvalue weighted by molar-refractivity contribution is 0.0155. The first-order valence-corrected chi connectivity index (χ1v) is 5.50. The Labute approximate surface area is 91.8 Å². The third kappa shape index (κ3) is 3.68. The summed E-state index contributed by atoms with van der Waals surface area (Å²) in [7, 11) is 0. The minimum absolute atomic E-state index is 0.204. The van der Waals surface area contributed by atoms with Crippen LogP contribution < -0.4 is 5.73 Å². The normalized spacial score (nSPS) is 14.5. The number of rotatable bonds is 5. The van der Waals surface area contributed by atoms with Crippen LogP contribution in [0.3, 0.4) is 0 Å². The predicted octanol–water partition coefficient (Wildman–Crippen LogP) is 0.783. The second-order valence-corrected chi connectivity index (χ2v) is 3.48.